The zero-order valence-corrected chi connectivity index (χ0v) is 38.6. The van der Waals surface area contributed by atoms with Gasteiger partial charge in [-0.15, -0.1) is 0 Å². The quantitative estimate of drug-likeness (QED) is 0.145. The monoisotopic (exact) mass is 1020 g/mol. The van der Waals surface area contributed by atoms with E-state index in [1.165, 1.54) is 50.9 Å². The van der Waals surface area contributed by atoms with Gasteiger partial charge in [-0.2, -0.15) is 0 Å². The van der Waals surface area contributed by atoms with Gasteiger partial charge in [0.1, 0.15) is 23.0 Å². The van der Waals surface area contributed by atoms with E-state index in [0.29, 0.717) is 91.5 Å². The van der Waals surface area contributed by atoms with Crippen LogP contribution in [0.4, 0.5) is 32.1 Å². The summed E-state index contributed by atoms with van der Waals surface area (Å²) in [6, 6.07) is 8.53. The predicted octanol–water partition coefficient (Wildman–Crippen LogP) is 6.77. The first-order valence-electron chi connectivity index (χ1n) is 19.0. The molecule has 0 amide bonds. The lowest BCUT2D eigenvalue weighted by Gasteiger charge is -2.27. The van der Waals surface area contributed by atoms with Crippen molar-refractivity contribution >= 4 is 97.0 Å². The normalized spacial score (nSPS) is 14.6. The summed E-state index contributed by atoms with van der Waals surface area (Å²) >= 11 is 6.80. The van der Waals surface area contributed by atoms with E-state index in [2.05, 4.69) is 71.1 Å². The molecule has 17 nitrogen and oxygen atoms in total. The van der Waals surface area contributed by atoms with Crippen molar-refractivity contribution in [2.24, 2.45) is 0 Å². The minimum absolute atomic E-state index is 0.105. The topological polar surface area (TPSA) is 204 Å². The number of morpholine rings is 1. The minimum Gasteiger partial charge on any atom is -0.480 e. The number of aromatic nitrogens is 6. The van der Waals surface area contributed by atoms with E-state index in [9.17, 15) is 25.6 Å². The highest BCUT2D eigenvalue weighted by molar-refractivity contribution is 9.11. The van der Waals surface area contributed by atoms with E-state index in [0.717, 1.165) is 44.9 Å². The Morgan fingerprint density at radius 3 is 1.45 bits per heavy atom. The molecule has 0 spiro atoms. The number of nitrogens with zero attached hydrogens (tertiary/aromatic N) is 8. The number of methoxy groups -OCH3 is 2. The van der Waals surface area contributed by atoms with Gasteiger partial charge in [-0.3, -0.25) is 9.44 Å². The summed E-state index contributed by atoms with van der Waals surface area (Å²) in [5.74, 6) is 0.337. The van der Waals surface area contributed by atoms with E-state index in [1.807, 2.05) is 4.90 Å². The van der Waals surface area contributed by atoms with Crippen LogP contribution in [0.1, 0.15) is 19.3 Å². The maximum atomic E-state index is 14.2. The minimum atomic E-state index is -3.58. The van der Waals surface area contributed by atoms with Gasteiger partial charge in [-0.25, -0.2) is 55.5 Å². The molecule has 2 N–H and O–H groups in total. The van der Waals surface area contributed by atoms with Crippen LogP contribution in [-0.4, -0.2) is 113 Å². The zero-order valence-electron chi connectivity index (χ0n) is 33.7. The number of nitrogens with one attached hydrogen (secondary N) is 2. The Kier molecular flexibility index (Phi) is 13.6. The second kappa shape index (κ2) is 18.7. The molecule has 2 saturated heterocycles. The molecule has 2 fully saturated rings. The van der Waals surface area contributed by atoms with Gasteiger partial charge in [0.15, 0.2) is 0 Å². The first kappa shape index (κ1) is 44.9. The van der Waals surface area contributed by atoms with Gasteiger partial charge in [0.25, 0.3) is 0 Å². The maximum absolute atomic E-state index is 14.2. The van der Waals surface area contributed by atoms with Gasteiger partial charge in [-0.05, 0) is 87.5 Å². The van der Waals surface area contributed by atoms with Crippen LogP contribution in [0.2, 0.25) is 0 Å². The number of ether oxygens (including phenoxy) is 3. The third-order valence-electron chi connectivity index (χ3n) is 9.57. The summed E-state index contributed by atoms with van der Waals surface area (Å²) in [7, 11) is -4.36. The summed E-state index contributed by atoms with van der Waals surface area (Å²) in [5.41, 5.74) is 3.28. The molecule has 6 aromatic rings. The third kappa shape index (κ3) is 10.6. The van der Waals surface area contributed by atoms with Gasteiger partial charge in [0, 0.05) is 69.4 Å². The number of halogens is 4. The molecule has 0 radical (unpaired) electrons. The summed E-state index contributed by atoms with van der Waals surface area (Å²) in [5, 5.41) is 0.950. The largest absolute Gasteiger partial charge is 0.480 e. The van der Waals surface area contributed by atoms with Gasteiger partial charge < -0.3 is 24.0 Å². The number of fused-ring (bicyclic) bond motifs is 2. The number of sulfonamides is 2. The van der Waals surface area contributed by atoms with E-state index in [4.69, 9.17) is 19.2 Å². The van der Waals surface area contributed by atoms with Gasteiger partial charge in [-0.1, -0.05) is 0 Å². The molecule has 6 heterocycles. The van der Waals surface area contributed by atoms with Crippen molar-refractivity contribution in [1.29, 1.82) is 0 Å². The molecule has 62 heavy (non-hydrogen) atoms. The van der Waals surface area contributed by atoms with Gasteiger partial charge in [0.05, 0.1) is 62.4 Å². The number of benzene rings is 2. The number of anilines is 4. The number of hydrogen-bond acceptors (Lipinski definition) is 15. The first-order valence-corrected chi connectivity index (χ1v) is 24.3. The molecule has 0 bridgehead atoms. The first-order chi connectivity index (χ1) is 29.5. The number of pyridine rings is 2. The lowest BCUT2D eigenvalue weighted by Crippen LogP contribution is -2.37. The molecule has 0 atom stereocenters. The second-order valence-electron chi connectivity index (χ2n) is 14.3. The van der Waals surface area contributed by atoms with Crippen LogP contribution in [0, 0.1) is 11.6 Å². The zero-order chi connectivity index (χ0) is 44.3. The smallest absolute Gasteiger partial charge is 0.238 e. The van der Waals surface area contributed by atoms with E-state index >= 15 is 0 Å². The highest BCUT2D eigenvalue weighted by Crippen LogP contribution is 2.38. The molecule has 8 rings (SSSR count). The maximum Gasteiger partial charge on any atom is 0.238 e. The Morgan fingerprint density at radius 2 is 1.05 bits per heavy atom. The Bertz CT molecular complexity index is 2700. The van der Waals surface area contributed by atoms with Crippen molar-refractivity contribution in [3.63, 3.8) is 0 Å². The van der Waals surface area contributed by atoms with Crippen LogP contribution >= 0.6 is 31.9 Å². The van der Waals surface area contributed by atoms with E-state index in [1.54, 1.807) is 12.1 Å². The SMILES string of the molecule is COc1ncc(-c2nc(N3CCCCC3)nc3c(Br)cc(F)cc23)cc1NS(C)(=O)=O.COc1ncc(-c2nc(N3CCOCC3)nc3c(Br)cc(F)cc23)cc1NS(C)(=O)=O. The highest BCUT2D eigenvalue weighted by atomic mass is 79.9. The van der Waals surface area contributed by atoms with Crippen LogP contribution in [0.5, 0.6) is 11.8 Å². The molecule has 4 aromatic heterocycles. The standard InChI is InChI=1S/C20H21BrFN5O3S.C19H19BrFN5O4S/c1-30-19-16(26-31(2,28)29)8-12(11-23-19)17-14-9-13(22)10-15(21)18(14)25-20(24-17)27-6-4-3-5-7-27;1-29-18-15(25-31(2,27)28)7-11(10-22-18)16-13-8-12(21)9-14(20)17(13)24-19(23-16)26-3-5-30-6-4-26/h8-11,26H,3-7H2,1-2H3;7-10,25H,3-6H2,1-2H3. The van der Waals surface area contributed by atoms with E-state index in [-0.39, 0.29) is 23.1 Å². The Hall–Kier alpha value is -5.10. The average molecular weight is 1020 g/mol. The molecular formula is C39H40Br2F2N10O7S2. The highest BCUT2D eigenvalue weighted by Gasteiger charge is 2.23. The summed E-state index contributed by atoms with van der Waals surface area (Å²) in [6.45, 7) is 4.01. The number of rotatable bonds is 10. The fourth-order valence-electron chi connectivity index (χ4n) is 6.91. The van der Waals surface area contributed by atoms with Gasteiger partial charge in [0.2, 0.25) is 43.7 Å². The van der Waals surface area contributed by atoms with Crippen molar-refractivity contribution in [2.75, 3.05) is 85.4 Å². The summed E-state index contributed by atoms with van der Waals surface area (Å²) in [4.78, 5) is 31.3. The molecule has 0 aliphatic carbocycles. The van der Waals surface area contributed by atoms with Crippen molar-refractivity contribution in [3.8, 4) is 34.3 Å². The van der Waals surface area contributed by atoms with Gasteiger partial charge >= 0.3 is 0 Å². The Morgan fingerprint density at radius 1 is 0.629 bits per heavy atom. The van der Waals surface area contributed by atoms with Crippen LogP contribution in [-0.2, 0) is 24.8 Å². The third-order valence-corrected chi connectivity index (χ3v) is 12.0. The number of hydrogen-bond donors (Lipinski definition) is 2. The fourth-order valence-corrected chi connectivity index (χ4v) is 9.04. The molecular weight excluding hydrogens is 982 g/mol. The Labute approximate surface area is 373 Å². The lowest BCUT2D eigenvalue weighted by molar-refractivity contribution is 0.122. The van der Waals surface area contributed by atoms with Crippen molar-refractivity contribution in [2.45, 2.75) is 19.3 Å². The van der Waals surface area contributed by atoms with Crippen molar-refractivity contribution < 1.29 is 39.8 Å². The van der Waals surface area contributed by atoms with Crippen LogP contribution in [0.3, 0.4) is 0 Å². The van der Waals surface area contributed by atoms with Crippen molar-refractivity contribution in [3.05, 3.63) is 69.4 Å². The lowest BCUT2D eigenvalue weighted by atomic mass is 10.1. The average Bonchev–Trinajstić information content (AvgIpc) is 3.23. The summed E-state index contributed by atoms with van der Waals surface area (Å²) in [6.07, 6.45) is 8.35. The molecule has 23 heteroatoms. The number of piperidine rings is 1. The fraction of sp³-hybridized carbons (Fsp3) is 0.333. The predicted molar refractivity (Wildman–Crippen MR) is 240 cm³/mol. The molecule has 328 valence electrons. The second-order valence-corrected chi connectivity index (χ2v) is 19.5. The molecule has 0 saturated carbocycles. The van der Waals surface area contributed by atoms with E-state index < -0.39 is 31.7 Å². The van der Waals surface area contributed by atoms with Crippen LogP contribution < -0.4 is 28.7 Å². The van der Waals surface area contributed by atoms with Crippen LogP contribution in [0.25, 0.3) is 44.3 Å². The molecule has 2 aromatic carbocycles. The summed E-state index contributed by atoms with van der Waals surface area (Å²) < 4.78 is 97.2. The van der Waals surface area contributed by atoms with Crippen molar-refractivity contribution in [1.82, 2.24) is 29.9 Å². The molecule has 0 unspecified atom stereocenters. The molecule has 2 aliphatic heterocycles. The molecule has 2 aliphatic rings. The Balaban J connectivity index is 0.000000186. The van der Waals surface area contributed by atoms with Crippen LogP contribution in [0.15, 0.2) is 57.7 Å².